The number of ether oxygens (including phenoxy) is 1. The predicted octanol–water partition coefficient (Wildman–Crippen LogP) is 1.62. The van der Waals surface area contributed by atoms with Gasteiger partial charge < -0.3 is 9.84 Å². The Hall–Kier alpha value is -2.18. The zero-order valence-corrected chi connectivity index (χ0v) is 10.0. The molecule has 0 amide bonds. The molecule has 2 aromatic rings. The highest BCUT2D eigenvalue weighted by Crippen LogP contribution is 2.22. The van der Waals surface area contributed by atoms with Crippen LogP contribution in [0.4, 0.5) is 0 Å². The van der Waals surface area contributed by atoms with E-state index in [1.807, 2.05) is 0 Å². The molecular weight excluding hydrogens is 236 g/mol. The van der Waals surface area contributed by atoms with Crippen LogP contribution >= 0.6 is 0 Å². The van der Waals surface area contributed by atoms with Crippen LogP contribution in [0.15, 0.2) is 6.20 Å². The number of aromatic carboxylic acids is 1. The van der Waals surface area contributed by atoms with E-state index in [1.165, 1.54) is 6.20 Å². The van der Waals surface area contributed by atoms with Crippen molar-refractivity contribution >= 4 is 17.0 Å². The number of hydrogen-bond donors (Lipinski definition) is 2. The highest BCUT2D eigenvalue weighted by Gasteiger charge is 2.16. The van der Waals surface area contributed by atoms with Gasteiger partial charge in [-0.2, -0.15) is 15.4 Å². The number of rotatable bonds is 6. The monoisotopic (exact) mass is 250 g/mol. The van der Waals surface area contributed by atoms with Gasteiger partial charge in [0.15, 0.2) is 5.52 Å². The smallest absolute Gasteiger partial charge is 0.339 e. The number of carbonyl (C=O) groups is 1. The average Bonchev–Trinajstić information content (AvgIpc) is 2.83. The Labute approximate surface area is 103 Å². The Bertz CT molecular complexity index is 552. The molecule has 0 saturated carbocycles. The fourth-order valence-corrected chi connectivity index (χ4v) is 1.60. The normalized spacial score (nSPS) is 10.7. The quantitative estimate of drug-likeness (QED) is 0.755. The first-order valence-corrected chi connectivity index (χ1v) is 5.79. The molecule has 2 heterocycles. The van der Waals surface area contributed by atoms with Gasteiger partial charge in [-0.3, -0.25) is 0 Å². The number of carboxylic acids is 1. The first-order valence-electron chi connectivity index (χ1n) is 5.79. The van der Waals surface area contributed by atoms with Crippen LogP contribution in [0, 0.1) is 0 Å². The highest BCUT2D eigenvalue weighted by atomic mass is 16.5. The van der Waals surface area contributed by atoms with Crippen molar-refractivity contribution in [1.29, 1.82) is 0 Å². The van der Waals surface area contributed by atoms with Crippen LogP contribution in [0.2, 0.25) is 0 Å². The Morgan fingerprint density at radius 3 is 2.89 bits per heavy atom. The van der Waals surface area contributed by atoms with E-state index in [9.17, 15) is 4.79 Å². The van der Waals surface area contributed by atoms with Crippen molar-refractivity contribution < 1.29 is 14.6 Å². The molecule has 0 aromatic carbocycles. The van der Waals surface area contributed by atoms with Crippen molar-refractivity contribution in [1.82, 2.24) is 20.4 Å². The Balaban J connectivity index is 2.22. The van der Waals surface area contributed by atoms with Crippen molar-refractivity contribution in [2.45, 2.75) is 26.2 Å². The SMILES string of the molecule is CCCCCOc1ncc(C(=O)O)c2n[nH]nc12. The second-order valence-corrected chi connectivity index (χ2v) is 3.86. The van der Waals surface area contributed by atoms with Gasteiger partial charge in [-0.15, -0.1) is 0 Å². The van der Waals surface area contributed by atoms with Crippen LogP contribution in [-0.2, 0) is 0 Å². The molecule has 0 unspecified atom stereocenters. The largest absolute Gasteiger partial charge is 0.478 e. The lowest BCUT2D eigenvalue weighted by Gasteiger charge is -2.05. The number of unbranched alkanes of at least 4 members (excludes halogenated alkanes) is 2. The molecule has 0 aliphatic carbocycles. The number of hydrogen-bond acceptors (Lipinski definition) is 5. The molecule has 0 bridgehead atoms. The minimum atomic E-state index is -1.08. The van der Waals surface area contributed by atoms with Gasteiger partial charge in [0.2, 0.25) is 5.88 Å². The van der Waals surface area contributed by atoms with Crippen molar-refractivity contribution in [3.8, 4) is 5.88 Å². The van der Waals surface area contributed by atoms with Crippen LogP contribution in [-0.4, -0.2) is 38.1 Å². The number of nitrogens with zero attached hydrogens (tertiary/aromatic N) is 3. The maximum Gasteiger partial charge on any atom is 0.339 e. The summed E-state index contributed by atoms with van der Waals surface area (Å²) in [6.45, 7) is 2.64. The van der Waals surface area contributed by atoms with E-state index in [2.05, 4.69) is 27.3 Å². The van der Waals surface area contributed by atoms with E-state index in [4.69, 9.17) is 9.84 Å². The van der Waals surface area contributed by atoms with Crippen LogP contribution in [0.3, 0.4) is 0 Å². The molecule has 0 saturated heterocycles. The molecule has 0 aliphatic heterocycles. The lowest BCUT2D eigenvalue weighted by molar-refractivity contribution is 0.0698. The summed E-state index contributed by atoms with van der Waals surface area (Å²) in [6.07, 6.45) is 4.35. The summed E-state index contributed by atoms with van der Waals surface area (Å²) in [7, 11) is 0. The molecule has 0 fully saturated rings. The molecular formula is C11H14N4O3. The molecule has 7 heteroatoms. The lowest BCUT2D eigenvalue weighted by atomic mass is 10.2. The summed E-state index contributed by atoms with van der Waals surface area (Å²) in [5.41, 5.74) is 0.633. The van der Waals surface area contributed by atoms with E-state index < -0.39 is 5.97 Å². The topological polar surface area (TPSA) is 101 Å². The summed E-state index contributed by atoms with van der Waals surface area (Å²) in [5.74, 6) is -0.765. The summed E-state index contributed by atoms with van der Waals surface area (Å²) >= 11 is 0. The van der Waals surface area contributed by atoms with Gasteiger partial charge in [-0.05, 0) is 6.42 Å². The Morgan fingerprint density at radius 2 is 2.17 bits per heavy atom. The maximum atomic E-state index is 11.0. The lowest BCUT2D eigenvalue weighted by Crippen LogP contribution is -2.03. The van der Waals surface area contributed by atoms with Gasteiger partial charge in [0, 0.05) is 6.20 Å². The van der Waals surface area contributed by atoms with Gasteiger partial charge in [-0.25, -0.2) is 9.78 Å². The number of fused-ring (bicyclic) bond motifs is 1. The zero-order chi connectivity index (χ0) is 13.0. The van der Waals surface area contributed by atoms with Gasteiger partial charge in [0.25, 0.3) is 0 Å². The summed E-state index contributed by atoms with van der Waals surface area (Å²) < 4.78 is 5.49. The number of nitrogens with one attached hydrogen (secondary N) is 1. The zero-order valence-electron chi connectivity index (χ0n) is 10.0. The van der Waals surface area contributed by atoms with Crippen LogP contribution in [0.5, 0.6) is 5.88 Å². The third kappa shape index (κ3) is 2.39. The molecule has 0 spiro atoms. The minimum Gasteiger partial charge on any atom is -0.478 e. The second kappa shape index (κ2) is 5.44. The molecule has 2 rings (SSSR count). The molecule has 2 aromatic heterocycles. The number of aromatic amines is 1. The van der Waals surface area contributed by atoms with E-state index in [-0.39, 0.29) is 11.1 Å². The summed E-state index contributed by atoms with van der Waals surface area (Å²) in [4.78, 5) is 14.9. The van der Waals surface area contributed by atoms with Crippen molar-refractivity contribution in [3.05, 3.63) is 11.8 Å². The van der Waals surface area contributed by atoms with E-state index in [1.54, 1.807) is 0 Å². The number of aromatic nitrogens is 4. The molecule has 96 valence electrons. The first-order chi connectivity index (χ1) is 8.74. The maximum absolute atomic E-state index is 11.0. The van der Waals surface area contributed by atoms with Crippen LogP contribution in [0.1, 0.15) is 36.5 Å². The number of H-pyrrole nitrogens is 1. The van der Waals surface area contributed by atoms with E-state index in [0.717, 1.165) is 19.3 Å². The number of carboxylic acid groups (broad SMARTS) is 1. The predicted molar refractivity (Wildman–Crippen MR) is 63.7 cm³/mol. The molecule has 18 heavy (non-hydrogen) atoms. The van der Waals surface area contributed by atoms with Crippen molar-refractivity contribution in [2.75, 3.05) is 6.61 Å². The van der Waals surface area contributed by atoms with Crippen molar-refractivity contribution in [2.24, 2.45) is 0 Å². The molecule has 7 nitrogen and oxygen atoms in total. The molecule has 0 aliphatic rings. The fraction of sp³-hybridized carbons (Fsp3) is 0.455. The summed E-state index contributed by atoms with van der Waals surface area (Å²) in [5, 5.41) is 19.0. The fourth-order valence-electron chi connectivity index (χ4n) is 1.60. The van der Waals surface area contributed by atoms with Gasteiger partial charge in [-0.1, -0.05) is 19.8 Å². The Kier molecular flexibility index (Phi) is 3.71. The molecule has 2 N–H and O–H groups in total. The third-order valence-corrected chi connectivity index (χ3v) is 2.53. The summed E-state index contributed by atoms with van der Waals surface area (Å²) in [6, 6.07) is 0. The van der Waals surface area contributed by atoms with Crippen molar-refractivity contribution in [3.63, 3.8) is 0 Å². The van der Waals surface area contributed by atoms with Crippen LogP contribution in [0.25, 0.3) is 11.0 Å². The highest BCUT2D eigenvalue weighted by molar-refractivity contribution is 6.01. The van der Waals surface area contributed by atoms with E-state index >= 15 is 0 Å². The van der Waals surface area contributed by atoms with Gasteiger partial charge in [0.05, 0.1) is 6.61 Å². The van der Waals surface area contributed by atoms with Crippen LogP contribution < -0.4 is 4.74 Å². The molecule has 0 radical (unpaired) electrons. The first kappa shape index (κ1) is 12.3. The third-order valence-electron chi connectivity index (χ3n) is 2.53. The Morgan fingerprint density at radius 1 is 1.39 bits per heavy atom. The average molecular weight is 250 g/mol. The second-order valence-electron chi connectivity index (χ2n) is 3.86. The van der Waals surface area contributed by atoms with E-state index in [0.29, 0.717) is 18.0 Å². The molecule has 0 atom stereocenters. The standard InChI is InChI=1S/C11H14N4O3/c1-2-3-4-5-18-10-9-8(13-15-14-9)7(6-12-10)11(16)17/h6H,2-5H2,1H3,(H,16,17)(H,13,14,15). The minimum absolute atomic E-state index is 0.0136. The number of pyridine rings is 1. The van der Waals surface area contributed by atoms with Gasteiger partial charge >= 0.3 is 5.97 Å². The van der Waals surface area contributed by atoms with Gasteiger partial charge in [0.1, 0.15) is 11.1 Å².